The van der Waals surface area contributed by atoms with Crippen molar-refractivity contribution in [1.82, 2.24) is 5.32 Å². The molecule has 12 nitrogen and oxygen atoms in total. The minimum Gasteiger partial charge on any atom is -0.508 e. The fraction of sp³-hybridized carbons (Fsp3) is 0.510. The van der Waals surface area contributed by atoms with Crippen LogP contribution in [0.5, 0.6) is 17.2 Å². The number of fused-ring (bicyclic) bond motifs is 5. The number of carbonyl (C=O) groups excluding carboxylic acids is 2. The maximum Gasteiger partial charge on any atom is 0.168 e. The molecule has 4 aromatic carbocycles. The fourth-order valence-corrected chi connectivity index (χ4v) is 11.2. The molecule has 6 rings (SSSR count). The molecule has 63 heavy (non-hydrogen) atoms. The molecule has 8 N–H and O–H groups in total. The Hall–Kier alpha value is -3.86. The quantitative estimate of drug-likeness (QED) is 0.0306. The first-order valence-corrected chi connectivity index (χ1v) is 24.7. The summed E-state index contributed by atoms with van der Waals surface area (Å²) in [6, 6.07) is 16.4. The van der Waals surface area contributed by atoms with Gasteiger partial charge in [-0.25, -0.2) is 0 Å². The van der Waals surface area contributed by atoms with Gasteiger partial charge in [0.25, 0.3) is 0 Å². The zero-order valence-corrected chi connectivity index (χ0v) is 38.1. The molecule has 2 aliphatic rings. The lowest BCUT2D eigenvalue weighted by atomic mass is 9.89. The number of phenols is 2. The van der Waals surface area contributed by atoms with Crippen LogP contribution in [-0.2, 0) is 39.5 Å². The average molecular weight is 905 g/mol. The third-order valence-electron chi connectivity index (χ3n) is 12.3. The second kappa shape index (κ2) is 23.4. The van der Waals surface area contributed by atoms with E-state index in [0.29, 0.717) is 85.6 Å². The van der Waals surface area contributed by atoms with Gasteiger partial charge in [0.2, 0.25) is 0 Å². The molecule has 0 spiro atoms. The summed E-state index contributed by atoms with van der Waals surface area (Å²) in [4.78, 5) is 26.1. The van der Waals surface area contributed by atoms with Crippen LogP contribution < -0.4 is 15.4 Å². The van der Waals surface area contributed by atoms with Crippen LogP contribution in [0.4, 0.5) is 5.69 Å². The number of rotatable bonds is 16. The number of Topliss-reactive ketones (excluding diaryl/α,β-unsaturated/α-hetero) is 2. The van der Waals surface area contributed by atoms with E-state index in [1.54, 1.807) is 29.0 Å². The number of ketones is 2. The van der Waals surface area contributed by atoms with Crippen molar-refractivity contribution in [3.8, 4) is 28.4 Å². The zero-order chi connectivity index (χ0) is 44.9. The summed E-state index contributed by atoms with van der Waals surface area (Å²) in [6.07, 6.45) is 5.15. The molecule has 3 unspecified atom stereocenters. The highest BCUT2D eigenvalue weighted by molar-refractivity contribution is 8.76. The van der Waals surface area contributed by atoms with Crippen molar-refractivity contribution in [2.45, 2.75) is 127 Å². The molecule has 14 heteroatoms. The van der Waals surface area contributed by atoms with E-state index >= 15 is 0 Å². The van der Waals surface area contributed by atoms with Crippen LogP contribution >= 0.6 is 21.6 Å². The van der Waals surface area contributed by atoms with Crippen LogP contribution in [0.25, 0.3) is 21.9 Å². The molecule has 0 amide bonds. The Kier molecular flexibility index (Phi) is 18.0. The number of aliphatic hydroxyl groups excluding tert-OH is 3. The number of hydrogen-bond acceptors (Lipinski definition) is 14. The van der Waals surface area contributed by atoms with Crippen molar-refractivity contribution in [3.63, 3.8) is 0 Å². The number of methoxy groups -OCH3 is 1. The van der Waals surface area contributed by atoms with E-state index in [4.69, 9.17) is 9.47 Å². The highest BCUT2D eigenvalue weighted by atomic mass is 33.1. The van der Waals surface area contributed by atoms with Crippen molar-refractivity contribution in [2.75, 3.05) is 37.9 Å². The molecule has 3 atom stereocenters. The van der Waals surface area contributed by atoms with Crippen molar-refractivity contribution in [2.24, 2.45) is 0 Å². The van der Waals surface area contributed by atoms with Crippen LogP contribution in [-0.4, -0.2) is 92.6 Å². The monoisotopic (exact) mass is 904 g/mol. The molecule has 0 bridgehead atoms. The molecule has 1 aliphatic heterocycles. The van der Waals surface area contributed by atoms with Gasteiger partial charge in [0, 0.05) is 47.8 Å². The third kappa shape index (κ3) is 13.1. The summed E-state index contributed by atoms with van der Waals surface area (Å²) < 4.78 is 12.8. The summed E-state index contributed by atoms with van der Waals surface area (Å²) in [5, 5.41) is 73.0. The number of hydrogen-bond donors (Lipinski definition) is 8. The first kappa shape index (κ1) is 48.6. The van der Waals surface area contributed by atoms with Crippen LogP contribution in [0, 0.1) is 0 Å². The van der Waals surface area contributed by atoms with Crippen LogP contribution in [0.2, 0.25) is 0 Å². The van der Waals surface area contributed by atoms with E-state index in [9.17, 15) is 40.2 Å². The summed E-state index contributed by atoms with van der Waals surface area (Å²) >= 11 is 0. The average Bonchev–Trinajstić information content (AvgIpc) is 3.71. The molecule has 1 heterocycles. The number of aryl methyl sites for hydroxylation is 2. The standard InChI is InChI=1S/C49H64N2O10S2/c1-31(54)27-51-44-24-34(7-5-22-52)42(23-35(44)28-53)48(50-21-6-20-49(59)18-3-4-19-49)61-39-15-14-38(57)29-62-63-30-43-40(16-10-32-8-12-37(56)26-41(32)43)46-33(9-13-36(55)25-39)11-17-45(58)47(46)60-2/h8,10-12,16-17,23-24,26,38-39,48,50-53,56-59H,3-7,9,13-15,18-22,25,27-30H2,1-2H3. The first-order chi connectivity index (χ1) is 30.4. The van der Waals surface area contributed by atoms with Crippen molar-refractivity contribution < 1.29 is 49.7 Å². The lowest BCUT2D eigenvalue weighted by Gasteiger charge is -2.30. The Labute approximate surface area is 378 Å². The van der Waals surface area contributed by atoms with Crippen LogP contribution in [0.1, 0.15) is 112 Å². The summed E-state index contributed by atoms with van der Waals surface area (Å²) in [6.45, 7) is 1.74. The molecular formula is C49H64N2O10S2. The van der Waals surface area contributed by atoms with Crippen LogP contribution in [0.3, 0.4) is 0 Å². The fourth-order valence-electron chi connectivity index (χ4n) is 8.93. The number of phenolic OH excluding ortho intramolecular Hbond substituents is 2. The number of aromatic hydroxyl groups is 2. The van der Waals surface area contributed by atoms with Crippen molar-refractivity contribution in [3.05, 3.63) is 82.4 Å². The molecule has 0 aromatic heterocycles. The van der Waals surface area contributed by atoms with Gasteiger partial charge >= 0.3 is 0 Å². The van der Waals surface area contributed by atoms with Gasteiger partial charge in [-0.15, -0.1) is 0 Å². The van der Waals surface area contributed by atoms with Gasteiger partial charge in [0.15, 0.2) is 11.5 Å². The molecule has 1 saturated carbocycles. The summed E-state index contributed by atoms with van der Waals surface area (Å²) in [5.41, 5.74) is 5.36. The van der Waals surface area contributed by atoms with Crippen molar-refractivity contribution in [1.29, 1.82) is 0 Å². The number of benzene rings is 4. The van der Waals surface area contributed by atoms with Gasteiger partial charge in [-0.05, 0) is 140 Å². The smallest absolute Gasteiger partial charge is 0.168 e. The number of ether oxygens (including phenoxy) is 2. The Morgan fingerprint density at radius 1 is 0.968 bits per heavy atom. The Balaban J connectivity index is 1.33. The molecule has 0 saturated heterocycles. The van der Waals surface area contributed by atoms with Gasteiger partial charge in [-0.3, -0.25) is 14.9 Å². The summed E-state index contributed by atoms with van der Waals surface area (Å²) in [5.74, 6) is 1.24. The van der Waals surface area contributed by atoms with E-state index < -0.39 is 24.0 Å². The normalized spacial score (nSPS) is 19.0. The molecule has 1 aliphatic carbocycles. The highest BCUT2D eigenvalue weighted by Gasteiger charge is 2.31. The predicted octanol–water partition coefficient (Wildman–Crippen LogP) is 8.03. The van der Waals surface area contributed by atoms with Gasteiger partial charge in [0.1, 0.15) is 23.5 Å². The minimum atomic E-state index is -0.742. The van der Waals surface area contributed by atoms with Gasteiger partial charge in [-0.2, -0.15) is 0 Å². The van der Waals surface area contributed by atoms with E-state index in [2.05, 4.69) is 10.6 Å². The van der Waals surface area contributed by atoms with E-state index in [1.807, 2.05) is 36.4 Å². The Morgan fingerprint density at radius 2 is 1.76 bits per heavy atom. The lowest BCUT2D eigenvalue weighted by Crippen LogP contribution is -2.33. The van der Waals surface area contributed by atoms with Gasteiger partial charge < -0.3 is 45.4 Å². The molecule has 4 aromatic rings. The minimum absolute atomic E-state index is 0.0288. The Morgan fingerprint density at radius 3 is 2.51 bits per heavy atom. The molecule has 1 fully saturated rings. The topological polar surface area (TPSA) is 198 Å². The zero-order valence-electron chi connectivity index (χ0n) is 36.5. The predicted molar refractivity (Wildman–Crippen MR) is 251 cm³/mol. The maximum absolute atomic E-state index is 14.2. The SMILES string of the molecule is COc1c(O)ccc2c1-c1ccc3ccc(O)cc3c1CSSCC(O)CCC(OC(NCCCC1(O)CCCC1)c1cc(CO)c(NCC(C)=O)cc1CCCO)CC(=O)CC2. The molecule has 342 valence electrons. The number of anilines is 1. The largest absolute Gasteiger partial charge is 0.508 e. The van der Waals surface area contributed by atoms with E-state index in [-0.39, 0.29) is 55.7 Å². The maximum atomic E-state index is 14.2. The van der Waals surface area contributed by atoms with E-state index in [1.165, 1.54) is 24.8 Å². The lowest BCUT2D eigenvalue weighted by molar-refractivity contribution is -0.124. The number of nitrogens with one attached hydrogen (secondary N) is 2. The first-order valence-electron chi connectivity index (χ1n) is 22.2. The highest BCUT2D eigenvalue weighted by Crippen LogP contribution is 2.46. The van der Waals surface area contributed by atoms with E-state index in [0.717, 1.165) is 64.3 Å². The summed E-state index contributed by atoms with van der Waals surface area (Å²) in [7, 11) is 4.64. The van der Waals surface area contributed by atoms with Crippen molar-refractivity contribution >= 4 is 49.6 Å². The second-order valence-corrected chi connectivity index (χ2v) is 19.6. The molecule has 0 radical (unpaired) electrons. The van der Waals surface area contributed by atoms with Crippen LogP contribution in [0.15, 0.2) is 54.6 Å². The second-order valence-electron chi connectivity index (χ2n) is 17.0. The molecular weight excluding hydrogens is 841 g/mol. The number of aliphatic hydroxyl groups is 4. The third-order valence-corrected chi connectivity index (χ3v) is 14.6. The van der Waals surface area contributed by atoms with Gasteiger partial charge in [0.05, 0.1) is 38.1 Å². The number of carbonyl (C=O) groups is 2. The Bertz CT molecular complexity index is 2180. The van der Waals surface area contributed by atoms with Gasteiger partial charge in [-0.1, -0.05) is 58.7 Å².